The van der Waals surface area contributed by atoms with E-state index in [9.17, 15) is 8.42 Å². The highest BCUT2D eigenvalue weighted by Crippen LogP contribution is 2.21. The second kappa shape index (κ2) is 7.24. The Labute approximate surface area is 128 Å². The van der Waals surface area contributed by atoms with Gasteiger partial charge in [-0.25, -0.2) is 13.1 Å². The Morgan fingerprint density at radius 3 is 2.38 bits per heavy atom. The molecule has 6 heteroatoms. The number of nitrogens with one attached hydrogen (secondary N) is 2. The molecule has 0 heterocycles. The standard InChI is InChI=1S/C15H27N3O2S/c1-6-11-16-13-9-7-8-10-14(13)21(19,20)17-12-15(2,3)18(4)5/h7-10,16-17H,6,11-12H2,1-5H3. The lowest BCUT2D eigenvalue weighted by atomic mass is 10.1. The highest BCUT2D eigenvalue weighted by atomic mass is 32.2. The summed E-state index contributed by atoms with van der Waals surface area (Å²) in [4.78, 5) is 2.30. The molecule has 0 aromatic heterocycles. The number of anilines is 1. The molecule has 0 saturated heterocycles. The lowest BCUT2D eigenvalue weighted by Gasteiger charge is -2.32. The first-order valence-corrected chi connectivity index (χ1v) is 8.69. The van der Waals surface area contributed by atoms with Gasteiger partial charge in [-0.3, -0.25) is 0 Å². The second-order valence-electron chi connectivity index (χ2n) is 5.95. The van der Waals surface area contributed by atoms with Crippen molar-refractivity contribution >= 4 is 15.7 Å². The minimum absolute atomic E-state index is 0.251. The number of sulfonamides is 1. The molecule has 120 valence electrons. The lowest BCUT2D eigenvalue weighted by molar-refractivity contribution is 0.199. The van der Waals surface area contributed by atoms with Gasteiger partial charge in [0.1, 0.15) is 4.90 Å². The van der Waals surface area contributed by atoms with Crippen LogP contribution in [-0.2, 0) is 10.0 Å². The van der Waals surface area contributed by atoms with E-state index < -0.39 is 10.0 Å². The predicted octanol–water partition coefficient (Wildman–Crippen LogP) is 2.13. The van der Waals surface area contributed by atoms with Crippen LogP contribution in [0.2, 0.25) is 0 Å². The van der Waals surface area contributed by atoms with Crippen molar-refractivity contribution in [3.63, 3.8) is 0 Å². The summed E-state index contributed by atoms with van der Waals surface area (Å²) in [7, 11) is 0.344. The van der Waals surface area contributed by atoms with Gasteiger partial charge in [-0.15, -0.1) is 0 Å². The Balaban J connectivity index is 2.93. The fraction of sp³-hybridized carbons (Fsp3) is 0.600. The molecule has 5 nitrogen and oxygen atoms in total. The third kappa shape index (κ3) is 4.98. The second-order valence-corrected chi connectivity index (χ2v) is 7.69. The average molecular weight is 313 g/mol. The predicted molar refractivity (Wildman–Crippen MR) is 88.2 cm³/mol. The van der Waals surface area contributed by atoms with E-state index in [2.05, 4.69) is 10.0 Å². The largest absolute Gasteiger partial charge is 0.384 e. The SMILES string of the molecule is CCCNc1ccccc1S(=O)(=O)NCC(C)(C)N(C)C. The number of hydrogen-bond acceptors (Lipinski definition) is 4. The summed E-state index contributed by atoms with van der Waals surface area (Å²) in [6.07, 6.45) is 0.940. The van der Waals surface area contributed by atoms with E-state index in [4.69, 9.17) is 0 Å². The Morgan fingerprint density at radius 2 is 1.81 bits per heavy atom. The van der Waals surface area contributed by atoms with Crippen molar-refractivity contribution in [2.75, 3.05) is 32.5 Å². The minimum atomic E-state index is -3.53. The van der Waals surface area contributed by atoms with Crippen LogP contribution in [0.5, 0.6) is 0 Å². The minimum Gasteiger partial charge on any atom is -0.384 e. The zero-order chi connectivity index (χ0) is 16.1. The zero-order valence-electron chi connectivity index (χ0n) is 13.6. The van der Waals surface area contributed by atoms with Crippen molar-refractivity contribution in [2.45, 2.75) is 37.6 Å². The lowest BCUT2D eigenvalue weighted by Crippen LogP contribution is -2.48. The van der Waals surface area contributed by atoms with E-state index in [1.54, 1.807) is 18.2 Å². The van der Waals surface area contributed by atoms with Crippen LogP contribution in [0.25, 0.3) is 0 Å². The number of rotatable bonds is 8. The molecule has 0 aliphatic heterocycles. The molecule has 0 spiro atoms. The molecule has 0 amide bonds. The van der Waals surface area contributed by atoms with Gasteiger partial charge in [-0.1, -0.05) is 19.1 Å². The van der Waals surface area contributed by atoms with E-state index >= 15 is 0 Å². The number of benzene rings is 1. The molecule has 0 unspecified atom stereocenters. The summed E-state index contributed by atoms with van der Waals surface area (Å²) in [6, 6.07) is 6.99. The first-order valence-electron chi connectivity index (χ1n) is 7.20. The van der Waals surface area contributed by atoms with Crippen molar-refractivity contribution in [1.29, 1.82) is 0 Å². The highest BCUT2D eigenvalue weighted by molar-refractivity contribution is 7.89. The maximum Gasteiger partial charge on any atom is 0.242 e. The molecule has 0 saturated carbocycles. The topological polar surface area (TPSA) is 61.4 Å². The number of hydrogen-bond donors (Lipinski definition) is 2. The summed E-state index contributed by atoms with van der Waals surface area (Å²) in [5.74, 6) is 0. The third-order valence-electron chi connectivity index (χ3n) is 3.65. The summed E-state index contributed by atoms with van der Waals surface area (Å²) in [5, 5.41) is 3.16. The maximum atomic E-state index is 12.5. The molecule has 1 aromatic rings. The molecular formula is C15H27N3O2S. The van der Waals surface area contributed by atoms with Crippen LogP contribution in [-0.4, -0.2) is 46.0 Å². The van der Waals surface area contributed by atoms with Crippen LogP contribution in [0.4, 0.5) is 5.69 Å². The van der Waals surface area contributed by atoms with Gasteiger partial charge >= 0.3 is 0 Å². The van der Waals surface area contributed by atoms with Crippen LogP contribution < -0.4 is 10.0 Å². The summed E-state index contributed by atoms with van der Waals surface area (Å²) < 4.78 is 27.7. The van der Waals surface area contributed by atoms with Gasteiger partial charge in [0.05, 0.1) is 5.69 Å². The Hall–Kier alpha value is -1.11. The van der Waals surface area contributed by atoms with Gasteiger partial charge in [-0.2, -0.15) is 0 Å². The Morgan fingerprint density at radius 1 is 1.19 bits per heavy atom. The first kappa shape index (κ1) is 17.9. The normalized spacial score (nSPS) is 12.7. The molecule has 1 rings (SSSR count). The van der Waals surface area contributed by atoms with Gasteiger partial charge in [0, 0.05) is 18.6 Å². The smallest absolute Gasteiger partial charge is 0.242 e. The van der Waals surface area contributed by atoms with Crippen molar-refractivity contribution in [1.82, 2.24) is 9.62 Å². The average Bonchev–Trinajstić information content (AvgIpc) is 2.43. The quantitative estimate of drug-likeness (QED) is 0.772. The molecular weight excluding hydrogens is 286 g/mol. The monoisotopic (exact) mass is 313 g/mol. The van der Waals surface area contributed by atoms with Gasteiger partial charge in [-0.05, 0) is 46.5 Å². The molecule has 0 radical (unpaired) electrons. The van der Waals surface area contributed by atoms with Crippen LogP contribution in [0.1, 0.15) is 27.2 Å². The van der Waals surface area contributed by atoms with E-state index in [0.29, 0.717) is 17.1 Å². The molecule has 21 heavy (non-hydrogen) atoms. The number of para-hydroxylation sites is 1. The van der Waals surface area contributed by atoms with Crippen molar-refractivity contribution in [3.8, 4) is 0 Å². The molecule has 0 bridgehead atoms. The molecule has 0 aliphatic rings. The van der Waals surface area contributed by atoms with Gasteiger partial charge in [0.2, 0.25) is 10.0 Å². The molecule has 0 fully saturated rings. The zero-order valence-corrected chi connectivity index (χ0v) is 14.4. The van der Waals surface area contributed by atoms with E-state index in [1.807, 2.05) is 45.8 Å². The van der Waals surface area contributed by atoms with Gasteiger partial charge in [0.15, 0.2) is 0 Å². The Kier molecular flexibility index (Phi) is 6.19. The van der Waals surface area contributed by atoms with Crippen molar-refractivity contribution < 1.29 is 8.42 Å². The Bertz CT molecular complexity index is 554. The van der Waals surface area contributed by atoms with Gasteiger partial charge in [0.25, 0.3) is 0 Å². The number of nitrogens with zero attached hydrogens (tertiary/aromatic N) is 1. The highest BCUT2D eigenvalue weighted by Gasteiger charge is 2.25. The van der Waals surface area contributed by atoms with Crippen LogP contribution in [0.15, 0.2) is 29.2 Å². The first-order chi connectivity index (χ1) is 9.70. The van der Waals surface area contributed by atoms with Crippen LogP contribution >= 0.6 is 0 Å². The molecule has 0 aliphatic carbocycles. The van der Waals surface area contributed by atoms with Gasteiger partial charge < -0.3 is 10.2 Å². The molecule has 1 aromatic carbocycles. The van der Waals surface area contributed by atoms with Crippen molar-refractivity contribution in [3.05, 3.63) is 24.3 Å². The van der Waals surface area contributed by atoms with E-state index in [0.717, 1.165) is 13.0 Å². The molecule has 2 N–H and O–H groups in total. The fourth-order valence-electron chi connectivity index (χ4n) is 1.61. The van der Waals surface area contributed by atoms with Crippen LogP contribution in [0, 0.1) is 0 Å². The molecule has 0 atom stereocenters. The summed E-state index contributed by atoms with van der Waals surface area (Å²) in [6.45, 7) is 7.13. The van der Waals surface area contributed by atoms with Crippen molar-refractivity contribution in [2.24, 2.45) is 0 Å². The summed E-state index contributed by atoms with van der Waals surface area (Å²) in [5.41, 5.74) is 0.397. The number of likely N-dealkylation sites (N-methyl/N-ethyl adjacent to an activating group) is 1. The third-order valence-corrected chi connectivity index (χ3v) is 5.11. The summed E-state index contributed by atoms with van der Waals surface area (Å²) >= 11 is 0. The maximum absolute atomic E-state index is 12.5. The van der Waals surface area contributed by atoms with E-state index in [1.165, 1.54) is 0 Å². The fourth-order valence-corrected chi connectivity index (χ4v) is 3.00. The van der Waals surface area contributed by atoms with E-state index in [-0.39, 0.29) is 5.54 Å². The van der Waals surface area contributed by atoms with Crippen LogP contribution in [0.3, 0.4) is 0 Å².